The van der Waals surface area contributed by atoms with Gasteiger partial charge in [-0.3, -0.25) is 4.79 Å². The maximum absolute atomic E-state index is 10.5. The predicted molar refractivity (Wildman–Crippen MR) is 45.7 cm³/mol. The molecule has 66 valence electrons. The molecular weight excluding hydrogens is 152 g/mol. The maximum atomic E-state index is 10.5. The van der Waals surface area contributed by atoms with Crippen LogP contribution in [0.15, 0.2) is 11.6 Å². The molecule has 0 unspecified atom stereocenters. The van der Waals surface area contributed by atoms with Crippen LogP contribution in [0.5, 0.6) is 0 Å². The third-order valence-electron chi connectivity index (χ3n) is 3.19. The summed E-state index contributed by atoms with van der Waals surface area (Å²) in [6.07, 6.45) is 4.98. The first-order valence-electron chi connectivity index (χ1n) is 4.56. The Morgan fingerprint density at radius 3 is 3.08 bits per heavy atom. The minimum absolute atomic E-state index is 0.366. The maximum Gasteiger partial charge on any atom is 0.303 e. The summed E-state index contributed by atoms with van der Waals surface area (Å²) in [7, 11) is 0. The molecule has 0 aliphatic heterocycles. The predicted octanol–water partition coefficient (Wildman–Crippen LogP) is 2.06. The molecule has 0 saturated heterocycles. The van der Waals surface area contributed by atoms with Crippen molar-refractivity contribution >= 4 is 5.97 Å². The van der Waals surface area contributed by atoms with Gasteiger partial charge in [-0.25, -0.2) is 0 Å². The fourth-order valence-corrected chi connectivity index (χ4v) is 2.64. The van der Waals surface area contributed by atoms with Crippen LogP contribution in [0.25, 0.3) is 0 Å². The van der Waals surface area contributed by atoms with E-state index in [-0.39, 0.29) is 0 Å². The number of aliphatic carboxylic acids is 1. The summed E-state index contributed by atoms with van der Waals surface area (Å²) in [5, 5.41) is 8.61. The number of carboxylic acids is 1. The minimum Gasteiger partial charge on any atom is -0.481 e. The van der Waals surface area contributed by atoms with Crippen molar-refractivity contribution in [2.75, 3.05) is 0 Å². The van der Waals surface area contributed by atoms with Crippen LogP contribution in [-0.2, 0) is 4.79 Å². The summed E-state index contributed by atoms with van der Waals surface area (Å²) in [6, 6.07) is 0. The van der Waals surface area contributed by atoms with Gasteiger partial charge in [0.15, 0.2) is 0 Å². The van der Waals surface area contributed by atoms with Crippen molar-refractivity contribution in [3.8, 4) is 0 Å². The first-order valence-corrected chi connectivity index (χ1v) is 4.56. The summed E-state index contributed by atoms with van der Waals surface area (Å²) in [4.78, 5) is 10.5. The normalized spacial score (nSPS) is 38.4. The Kier molecular flexibility index (Phi) is 1.71. The summed E-state index contributed by atoms with van der Waals surface area (Å²) in [6.45, 7) is 2.15. The van der Waals surface area contributed by atoms with E-state index < -0.39 is 5.97 Å². The molecule has 1 fully saturated rings. The highest BCUT2D eigenvalue weighted by atomic mass is 16.4. The molecule has 2 aliphatic carbocycles. The average Bonchev–Trinajstić information content (AvgIpc) is 2.24. The Bertz CT molecular complexity index is 242. The van der Waals surface area contributed by atoms with Gasteiger partial charge < -0.3 is 5.11 Å². The second-order valence-electron chi connectivity index (χ2n) is 4.15. The summed E-state index contributed by atoms with van der Waals surface area (Å²) in [5.74, 6) is 1.18. The van der Waals surface area contributed by atoms with E-state index in [1.54, 1.807) is 0 Å². The molecule has 2 rings (SSSR count). The van der Waals surface area contributed by atoms with E-state index in [0.29, 0.717) is 18.3 Å². The highest BCUT2D eigenvalue weighted by molar-refractivity contribution is 5.67. The van der Waals surface area contributed by atoms with Crippen LogP contribution in [0.1, 0.15) is 26.2 Å². The summed E-state index contributed by atoms with van der Waals surface area (Å²) < 4.78 is 0. The van der Waals surface area contributed by atoms with Crippen LogP contribution >= 0.6 is 0 Å². The van der Waals surface area contributed by atoms with Gasteiger partial charge in [0, 0.05) is 6.42 Å². The number of hydrogen-bond acceptors (Lipinski definition) is 1. The molecule has 2 heteroatoms. The molecule has 0 amide bonds. The number of allylic oxidation sites excluding steroid dienone is 2. The van der Waals surface area contributed by atoms with Gasteiger partial charge in [-0.1, -0.05) is 11.6 Å². The number of fused-ring (bicyclic) bond motifs is 1. The first-order chi connectivity index (χ1) is 5.66. The molecular formula is C10H14O2. The molecule has 0 heterocycles. The second-order valence-corrected chi connectivity index (χ2v) is 4.15. The molecule has 0 spiro atoms. The van der Waals surface area contributed by atoms with Gasteiger partial charge in [0.2, 0.25) is 0 Å². The fourth-order valence-electron chi connectivity index (χ4n) is 2.64. The van der Waals surface area contributed by atoms with Crippen LogP contribution < -0.4 is 0 Å². The molecule has 2 nitrogen and oxygen atoms in total. The number of carboxylic acid groups (broad SMARTS) is 1. The van der Waals surface area contributed by atoms with Crippen LogP contribution in [-0.4, -0.2) is 11.1 Å². The summed E-state index contributed by atoms with van der Waals surface area (Å²) in [5.41, 5.74) is 1.46. The molecule has 0 aromatic heterocycles. The lowest BCUT2D eigenvalue weighted by Crippen LogP contribution is -2.34. The summed E-state index contributed by atoms with van der Waals surface area (Å²) >= 11 is 0. The monoisotopic (exact) mass is 166 g/mol. The van der Waals surface area contributed by atoms with Crippen molar-refractivity contribution in [2.24, 2.45) is 17.8 Å². The van der Waals surface area contributed by atoms with E-state index >= 15 is 0 Å². The van der Waals surface area contributed by atoms with Gasteiger partial charge in [-0.2, -0.15) is 0 Å². The Hall–Kier alpha value is -0.790. The van der Waals surface area contributed by atoms with Gasteiger partial charge in [0.05, 0.1) is 0 Å². The number of hydrogen-bond donors (Lipinski definition) is 1. The van der Waals surface area contributed by atoms with E-state index in [4.69, 9.17) is 5.11 Å². The van der Waals surface area contributed by atoms with Gasteiger partial charge in [-0.05, 0) is 37.5 Å². The van der Waals surface area contributed by atoms with E-state index in [1.165, 1.54) is 12.0 Å². The smallest absolute Gasteiger partial charge is 0.303 e. The molecule has 3 atom stereocenters. The van der Waals surface area contributed by atoms with Crippen molar-refractivity contribution in [2.45, 2.75) is 26.2 Å². The number of carbonyl (C=O) groups is 1. The SMILES string of the molecule is CC1=C[C@@H]2[C@H](C1)C[C@@H]2CC(=O)O. The topological polar surface area (TPSA) is 37.3 Å². The van der Waals surface area contributed by atoms with Crippen molar-refractivity contribution in [1.82, 2.24) is 0 Å². The Morgan fingerprint density at radius 2 is 2.50 bits per heavy atom. The van der Waals surface area contributed by atoms with Crippen LogP contribution in [0, 0.1) is 17.8 Å². The highest BCUT2D eigenvalue weighted by Crippen LogP contribution is 2.50. The molecule has 12 heavy (non-hydrogen) atoms. The highest BCUT2D eigenvalue weighted by Gasteiger charge is 2.43. The second kappa shape index (κ2) is 2.61. The van der Waals surface area contributed by atoms with E-state index in [9.17, 15) is 4.79 Å². The lowest BCUT2D eigenvalue weighted by Gasteiger charge is -2.39. The van der Waals surface area contributed by atoms with E-state index in [0.717, 1.165) is 12.3 Å². The van der Waals surface area contributed by atoms with Crippen LogP contribution in [0.2, 0.25) is 0 Å². The Labute approximate surface area is 72.3 Å². The van der Waals surface area contributed by atoms with E-state index in [1.807, 2.05) is 0 Å². The van der Waals surface area contributed by atoms with Crippen molar-refractivity contribution in [3.05, 3.63) is 11.6 Å². The number of rotatable bonds is 2. The van der Waals surface area contributed by atoms with E-state index in [2.05, 4.69) is 13.0 Å². The molecule has 1 N–H and O–H groups in total. The third kappa shape index (κ3) is 1.15. The standard InChI is InChI=1S/C10H14O2/c1-6-2-7-4-8(5-10(11)12)9(7)3-6/h3,7-9H,2,4-5H2,1H3,(H,11,12)/t7-,8-,9-/m1/s1. The molecule has 2 aliphatic rings. The van der Waals surface area contributed by atoms with Crippen molar-refractivity contribution < 1.29 is 9.90 Å². The first kappa shape index (κ1) is 7.84. The van der Waals surface area contributed by atoms with Crippen molar-refractivity contribution in [3.63, 3.8) is 0 Å². The third-order valence-corrected chi connectivity index (χ3v) is 3.19. The zero-order valence-electron chi connectivity index (χ0n) is 7.29. The zero-order valence-corrected chi connectivity index (χ0v) is 7.29. The average molecular weight is 166 g/mol. The van der Waals surface area contributed by atoms with Gasteiger partial charge >= 0.3 is 5.97 Å². The van der Waals surface area contributed by atoms with Crippen LogP contribution in [0.4, 0.5) is 0 Å². The van der Waals surface area contributed by atoms with Gasteiger partial charge in [0.1, 0.15) is 0 Å². The largest absolute Gasteiger partial charge is 0.481 e. The lowest BCUT2D eigenvalue weighted by atomic mass is 9.65. The Balaban J connectivity index is 1.94. The zero-order chi connectivity index (χ0) is 8.72. The molecule has 0 radical (unpaired) electrons. The fraction of sp³-hybridized carbons (Fsp3) is 0.700. The lowest BCUT2D eigenvalue weighted by molar-refractivity contribution is -0.139. The minimum atomic E-state index is -0.642. The van der Waals surface area contributed by atoms with Gasteiger partial charge in [0.25, 0.3) is 0 Å². The molecule has 0 aromatic rings. The van der Waals surface area contributed by atoms with Gasteiger partial charge in [-0.15, -0.1) is 0 Å². The Morgan fingerprint density at radius 1 is 1.75 bits per heavy atom. The molecule has 1 saturated carbocycles. The van der Waals surface area contributed by atoms with Crippen molar-refractivity contribution in [1.29, 1.82) is 0 Å². The van der Waals surface area contributed by atoms with Crippen LogP contribution in [0.3, 0.4) is 0 Å². The quantitative estimate of drug-likeness (QED) is 0.637. The molecule has 0 bridgehead atoms. The molecule has 0 aromatic carbocycles.